The number of carbonyl (C=O) groups is 1. The summed E-state index contributed by atoms with van der Waals surface area (Å²) in [5.74, 6) is -0.381. The molecule has 0 saturated heterocycles. The summed E-state index contributed by atoms with van der Waals surface area (Å²) in [7, 11) is 0. The van der Waals surface area contributed by atoms with Gasteiger partial charge in [-0.3, -0.25) is 4.79 Å². The lowest BCUT2D eigenvalue weighted by molar-refractivity contribution is 0.0937. The van der Waals surface area contributed by atoms with Crippen LogP contribution in [-0.2, 0) is 0 Å². The molecule has 1 aromatic carbocycles. The van der Waals surface area contributed by atoms with Gasteiger partial charge in [0.25, 0.3) is 5.91 Å². The van der Waals surface area contributed by atoms with Crippen LogP contribution in [-0.4, -0.2) is 12.7 Å². The normalized spacial score (nSPS) is 8.42. The van der Waals surface area contributed by atoms with Gasteiger partial charge in [0.1, 0.15) is 0 Å². The van der Waals surface area contributed by atoms with Crippen molar-refractivity contribution in [2.24, 2.45) is 0 Å². The third kappa shape index (κ3) is 3.00. The molecule has 1 aromatic rings. The van der Waals surface area contributed by atoms with Crippen LogP contribution in [0.3, 0.4) is 0 Å². The summed E-state index contributed by atoms with van der Waals surface area (Å²) < 4.78 is 11.6. The van der Waals surface area contributed by atoms with Crippen molar-refractivity contribution >= 4 is 22.9 Å². The predicted molar refractivity (Wildman–Crippen MR) is 50.2 cm³/mol. The minimum absolute atomic E-state index is 0. The van der Waals surface area contributed by atoms with Gasteiger partial charge in [-0.15, -0.1) is 17.0 Å². The first kappa shape index (κ1) is 11.1. The summed E-state index contributed by atoms with van der Waals surface area (Å²) >= 11 is 0. The lowest BCUT2D eigenvalue weighted by Crippen LogP contribution is -2.21. The zero-order valence-corrected chi connectivity index (χ0v) is 8.00. The Kier molecular flexibility index (Phi) is 5.28. The highest BCUT2D eigenvalue weighted by atomic mass is 79.9. The second-order valence-corrected chi connectivity index (χ2v) is 2.01. The minimum atomic E-state index is -0.826. The maximum Gasteiger partial charge on any atom is 0.253 e. The van der Waals surface area contributed by atoms with E-state index in [2.05, 4.69) is 5.32 Å². The SMILES string of the molecule is Br.O=C(NCF)c1ccccc1. The van der Waals surface area contributed by atoms with Gasteiger partial charge < -0.3 is 5.32 Å². The van der Waals surface area contributed by atoms with Crippen molar-refractivity contribution in [3.63, 3.8) is 0 Å². The molecule has 0 unspecified atom stereocenters. The number of benzene rings is 1. The predicted octanol–water partition coefficient (Wildman–Crippen LogP) is 1.92. The first-order valence-corrected chi connectivity index (χ1v) is 3.24. The van der Waals surface area contributed by atoms with Crippen molar-refractivity contribution < 1.29 is 9.18 Å². The summed E-state index contributed by atoms with van der Waals surface area (Å²) in [5.41, 5.74) is 0.477. The average molecular weight is 234 g/mol. The fourth-order valence-corrected chi connectivity index (χ4v) is 0.752. The Morgan fingerprint density at radius 1 is 1.33 bits per heavy atom. The largest absolute Gasteiger partial charge is 0.325 e. The first-order chi connectivity index (χ1) is 5.34. The summed E-state index contributed by atoms with van der Waals surface area (Å²) in [6, 6.07) is 8.52. The first-order valence-electron chi connectivity index (χ1n) is 3.24. The number of halogens is 2. The Bertz CT molecular complexity index is 240. The third-order valence-corrected chi connectivity index (χ3v) is 1.26. The maximum absolute atomic E-state index is 11.6. The van der Waals surface area contributed by atoms with Crippen molar-refractivity contribution in [1.82, 2.24) is 5.32 Å². The van der Waals surface area contributed by atoms with Gasteiger partial charge in [0.15, 0.2) is 6.80 Å². The highest BCUT2D eigenvalue weighted by Gasteiger charge is 2.00. The van der Waals surface area contributed by atoms with E-state index in [1.807, 2.05) is 0 Å². The quantitative estimate of drug-likeness (QED) is 0.778. The van der Waals surface area contributed by atoms with E-state index in [1.54, 1.807) is 30.3 Å². The van der Waals surface area contributed by atoms with E-state index in [0.29, 0.717) is 5.56 Å². The van der Waals surface area contributed by atoms with E-state index in [4.69, 9.17) is 0 Å². The average Bonchev–Trinajstić information content (AvgIpc) is 2.07. The van der Waals surface area contributed by atoms with Crippen LogP contribution >= 0.6 is 17.0 Å². The van der Waals surface area contributed by atoms with Crippen LogP contribution in [0.4, 0.5) is 4.39 Å². The number of carbonyl (C=O) groups excluding carboxylic acids is 1. The Balaban J connectivity index is 0.00000121. The van der Waals surface area contributed by atoms with E-state index in [-0.39, 0.29) is 22.9 Å². The number of nitrogens with one attached hydrogen (secondary N) is 1. The summed E-state index contributed by atoms with van der Waals surface area (Å²) in [6.07, 6.45) is 0. The van der Waals surface area contributed by atoms with Crippen LogP contribution in [0, 0.1) is 0 Å². The molecule has 0 bridgehead atoms. The molecule has 0 aromatic heterocycles. The molecular weight excluding hydrogens is 225 g/mol. The van der Waals surface area contributed by atoms with Crippen molar-refractivity contribution in [3.05, 3.63) is 35.9 Å². The molecule has 0 fully saturated rings. The van der Waals surface area contributed by atoms with E-state index in [0.717, 1.165) is 0 Å². The van der Waals surface area contributed by atoms with Crippen LogP contribution in [0.15, 0.2) is 30.3 Å². The summed E-state index contributed by atoms with van der Waals surface area (Å²) in [4.78, 5) is 10.9. The number of alkyl halides is 1. The molecule has 1 amide bonds. The topological polar surface area (TPSA) is 29.1 Å². The summed E-state index contributed by atoms with van der Waals surface area (Å²) in [5, 5.41) is 2.06. The molecule has 0 aliphatic heterocycles. The van der Waals surface area contributed by atoms with E-state index < -0.39 is 6.80 Å². The molecule has 2 nitrogen and oxygen atoms in total. The van der Waals surface area contributed by atoms with Crippen LogP contribution in [0.2, 0.25) is 0 Å². The van der Waals surface area contributed by atoms with Crippen LogP contribution < -0.4 is 5.32 Å². The number of rotatable bonds is 2. The standard InChI is InChI=1S/C8H8FNO.BrH/c9-6-10-8(11)7-4-2-1-3-5-7;/h1-5H,6H2,(H,10,11);1H. The lowest BCUT2D eigenvalue weighted by atomic mass is 10.2. The Morgan fingerprint density at radius 2 is 1.92 bits per heavy atom. The van der Waals surface area contributed by atoms with E-state index in [9.17, 15) is 9.18 Å². The number of hydrogen-bond donors (Lipinski definition) is 1. The Hall–Kier alpha value is -0.900. The lowest BCUT2D eigenvalue weighted by Gasteiger charge is -1.98. The molecule has 0 aliphatic rings. The summed E-state index contributed by atoms with van der Waals surface area (Å²) in [6.45, 7) is -0.826. The Morgan fingerprint density at radius 3 is 2.42 bits per heavy atom. The smallest absolute Gasteiger partial charge is 0.253 e. The van der Waals surface area contributed by atoms with Gasteiger partial charge in [-0.2, -0.15) is 0 Å². The van der Waals surface area contributed by atoms with Crippen molar-refractivity contribution in [1.29, 1.82) is 0 Å². The fraction of sp³-hybridized carbons (Fsp3) is 0.125. The van der Waals surface area contributed by atoms with Gasteiger partial charge in [0.05, 0.1) is 0 Å². The fourth-order valence-electron chi connectivity index (χ4n) is 0.752. The van der Waals surface area contributed by atoms with Gasteiger partial charge in [-0.25, -0.2) is 4.39 Å². The highest BCUT2D eigenvalue weighted by Crippen LogP contribution is 1.96. The van der Waals surface area contributed by atoms with Gasteiger partial charge in [-0.05, 0) is 12.1 Å². The van der Waals surface area contributed by atoms with Crippen LogP contribution in [0.5, 0.6) is 0 Å². The third-order valence-electron chi connectivity index (χ3n) is 1.26. The van der Waals surface area contributed by atoms with Gasteiger partial charge >= 0.3 is 0 Å². The van der Waals surface area contributed by atoms with Crippen LogP contribution in [0.25, 0.3) is 0 Å². The molecule has 12 heavy (non-hydrogen) atoms. The van der Waals surface area contributed by atoms with Crippen LogP contribution in [0.1, 0.15) is 10.4 Å². The second-order valence-electron chi connectivity index (χ2n) is 2.01. The zero-order valence-electron chi connectivity index (χ0n) is 6.29. The molecule has 0 heterocycles. The monoisotopic (exact) mass is 233 g/mol. The molecule has 66 valence electrons. The second kappa shape index (κ2) is 5.71. The van der Waals surface area contributed by atoms with E-state index in [1.165, 1.54) is 0 Å². The van der Waals surface area contributed by atoms with E-state index >= 15 is 0 Å². The molecule has 0 spiro atoms. The number of hydrogen-bond acceptors (Lipinski definition) is 1. The molecular formula is C8H9BrFNO. The number of amides is 1. The minimum Gasteiger partial charge on any atom is -0.325 e. The van der Waals surface area contributed by atoms with Crippen molar-refractivity contribution in [3.8, 4) is 0 Å². The maximum atomic E-state index is 11.6. The molecule has 1 N–H and O–H groups in total. The van der Waals surface area contributed by atoms with Crippen molar-refractivity contribution in [2.75, 3.05) is 6.80 Å². The van der Waals surface area contributed by atoms with Gasteiger partial charge in [0.2, 0.25) is 0 Å². The van der Waals surface area contributed by atoms with Gasteiger partial charge in [0, 0.05) is 5.56 Å². The molecule has 0 atom stereocenters. The molecule has 0 radical (unpaired) electrons. The van der Waals surface area contributed by atoms with Gasteiger partial charge in [-0.1, -0.05) is 18.2 Å². The van der Waals surface area contributed by atoms with Crippen molar-refractivity contribution in [2.45, 2.75) is 0 Å². The molecule has 1 rings (SSSR count). The molecule has 0 aliphatic carbocycles. The molecule has 4 heteroatoms. The Labute approximate surface area is 80.6 Å². The zero-order chi connectivity index (χ0) is 8.10. The molecule has 0 saturated carbocycles. The highest BCUT2D eigenvalue weighted by molar-refractivity contribution is 8.93.